The Morgan fingerprint density at radius 3 is 0.750 bits per heavy atom. The largest absolute Gasteiger partial charge is 0.356 e. The molecule has 12 heteroatoms. The SMILES string of the molecule is O=[N+]([O-])[Gd+2].O=[N+]([O-])[O-].O=[N+]([O-])[O-]. The predicted octanol–water partition coefficient (Wildman–Crippen LogP) is -0.751. The molecular formula is GdN3O8. The van der Waals surface area contributed by atoms with Crippen LogP contribution in [0.2, 0.25) is 0 Å². The summed E-state index contributed by atoms with van der Waals surface area (Å²) in [6.45, 7) is 0. The molecule has 0 aromatic rings. The van der Waals surface area contributed by atoms with Crippen molar-refractivity contribution in [3.8, 4) is 0 Å². The van der Waals surface area contributed by atoms with Crippen molar-refractivity contribution >= 4 is 0 Å². The van der Waals surface area contributed by atoms with Gasteiger partial charge in [0.1, 0.15) is 0 Å². The standard InChI is InChI=1S/Gd.2NO3.NO2/c;2*2-1(3)4;2-1-3/q+2;2*-1;. The van der Waals surface area contributed by atoms with Crippen molar-refractivity contribution in [2.75, 3.05) is 0 Å². The summed E-state index contributed by atoms with van der Waals surface area (Å²) in [6, 6.07) is 0. The van der Waals surface area contributed by atoms with Crippen LogP contribution in [-0.2, 0) is 0 Å². The molecule has 0 aromatic heterocycles. The van der Waals surface area contributed by atoms with Gasteiger partial charge in [-0.1, -0.05) is 0 Å². The molecule has 0 saturated heterocycles. The van der Waals surface area contributed by atoms with E-state index in [-0.39, 0.29) is 0 Å². The second-order valence-corrected chi connectivity index (χ2v) is 1.48. The molecule has 0 aromatic carbocycles. The van der Waals surface area contributed by atoms with Gasteiger partial charge in [-0.05, 0) is 0 Å². The summed E-state index contributed by atoms with van der Waals surface area (Å²) in [5.41, 5.74) is 0. The monoisotopic (exact) mass is 328 g/mol. The molecule has 0 amide bonds. The number of rotatable bonds is 0. The summed E-state index contributed by atoms with van der Waals surface area (Å²) < 4.78 is -0.472. The van der Waals surface area contributed by atoms with Crippen LogP contribution in [0.1, 0.15) is 0 Å². The Balaban J connectivity index is -0.000000101. The van der Waals surface area contributed by atoms with Gasteiger partial charge in [-0.25, -0.2) is 0 Å². The van der Waals surface area contributed by atoms with Crippen molar-refractivity contribution in [2.45, 2.75) is 0 Å². The van der Waals surface area contributed by atoms with Crippen molar-refractivity contribution in [3.05, 3.63) is 40.8 Å². The Morgan fingerprint density at radius 1 is 0.750 bits per heavy atom. The van der Waals surface area contributed by atoms with E-state index in [0.29, 0.717) is 0 Å². The van der Waals surface area contributed by atoms with Gasteiger partial charge in [-0.2, -0.15) is 0 Å². The maximum absolute atomic E-state index is 8.82. The van der Waals surface area contributed by atoms with Gasteiger partial charge in [0.25, 0.3) is 0 Å². The third-order valence-corrected chi connectivity index (χ3v) is 0. The topological polar surface area (TPSA) is 176 Å². The molecule has 0 unspecified atom stereocenters. The van der Waals surface area contributed by atoms with Gasteiger partial charge in [0.15, 0.2) is 0 Å². The van der Waals surface area contributed by atoms with Crippen LogP contribution >= 0.6 is 0 Å². The smallest absolute Gasteiger partial charge is 0.0689 e. The molecule has 0 atom stereocenters. The maximum atomic E-state index is 8.82. The van der Waals surface area contributed by atoms with Crippen LogP contribution in [0, 0.1) is 79.0 Å². The number of hydrogen-bond donors (Lipinski definition) is 0. The maximum Gasteiger partial charge on any atom is 0.0689 e. The average Bonchev–Trinajstić information content (AvgIpc) is 1.54. The fourth-order valence-electron chi connectivity index (χ4n) is 0. The first-order valence-corrected chi connectivity index (χ1v) is 2.63. The van der Waals surface area contributed by atoms with Crippen molar-refractivity contribution in [2.24, 2.45) is 0 Å². The van der Waals surface area contributed by atoms with Gasteiger partial charge in [0.2, 0.25) is 0 Å². The summed E-state index contributed by atoms with van der Waals surface area (Å²) in [5, 5.41) is 38.3. The zero-order valence-electron chi connectivity index (χ0n) is 4.96. The Labute approximate surface area is 90.0 Å². The Morgan fingerprint density at radius 2 is 0.750 bits per heavy atom. The third kappa shape index (κ3) is 786. The van der Waals surface area contributed by atoms with Crippen LogP contribution in [0.15, 0.2) is 0 Å². The summed E-state index contributed by atoms with van der Waals surface area (Å²) in [5.74, 6) is 0. The first-order valence-electron chi connectivity index (χ1n) is 1.62. The van der Waals surface area contributed by atoms with Crippen molar-refractivity contribution in [3.63, 3.8) is 0 Å². The fourth-order valence-corrected chi connectivity index (χ4v) is 0. The molecule has 0 aliphatic carbocycles. The minimum Gasteiger partial charge on any atom is -0.356 e. The Bertz CT molecular complexity index is 112. The second-order valence-electron chi connectivity index (χ2n) is 0.651. The van der Waals surface area contributed by atoms with Gasteiger partial charge in [-0.15, -0.1) is 0 Å². The second kappa shape index (κ2) is 12.8. The van der Waals surface area contributed by atoms with Crippen LogP contribution in [0.4, 0.5) is 0 Å². The first-order chi connectivity index (χ1) is 5.20. The molecule has 0 rings (SSSR count). The molecular weight excluding hydrogens is 327 g/mol. The number of nitrogens with zero attached hydrogens (tertiary/aromatic N) is 3. The van der Waals surface area contributed by atoms with Gasteiger partial charge >= 0.3 is 49.5 Å². The molecule has 0 fully saturated rings. The first kappa shape index (κ1) is 17.3. The minimum atomic E-state index is -1.75. The average molecular weight is 327 g/mol. The van der Waals surface area contributed by atoms with E-state index in [9.17, 15) is 0 Å². The molecule has 0 heterocycles. The minimum absolute atomic E-state index is 0.472. The molecule has 71 valence electrons. The number of nitro groups is 1. The third-order valence-electron chi connectivity index (χ3n) is 0. The van der Waals surface area contributed by atoms with Gasteiger partial charge in [-0.3, -0.25) is 0 Å². The van der Waals surface area contributed by atoms with E-state index in [1.807, 2.05) is 0 Å². The Hall–Kier alpha value is -0.875. The van der Waals surface area contributed by atoms with Crippen molar-refractivity contribution in [1.82, 2.24) is 0 Å². The van der Waals surface area contributed by atoms with E-state index in [1.54, 1.807) is 0 Å². The molecule has 0 aliphatic heterocycles. The van der Waals surface area contributed by atoms with E-state index in [1.165, 1.54) is 0 Å². The van der Waals surface area contributed by atoms with E-state index in [0.717, 1.165) is 38.3 Å². The normalized spacial score (nSPS) is 6.00. The van der Waals surface area contributed by atoms with Gasteiger partial charge < -0.3 is 30.6 Å². The molecule has 12 heavy (non-hydrogen) atoms. The molecule has 0 aliphatic rings. The summed E-state index contributed by atoms with van der Waals surface area (Å²) >= 11 is 0.725. The zero-order valence-corrected chi connectivity index (χ0v) is 7.23. The molecule has 0 spiro atoms. The van der Waals surface area contributed by atoms with Gasteiger partial charge in [0, 0.05) is 0 Å². The van der Waals surface area contributed by atoms with E-state index >= 15 is 0 Å². The quantitative estimate of drug-likeness (QED) is 0.412. The van der Waals surface area contributed by atoms with Crippen LogP contribution in [0.25, 0.3) is 0 Å². The fraction of sp³-hybridized carbons (Fsp3) is 0. The van der Waals surface area contributed by atoms with Crippen molar-refractivity contribution in [1.29, 1.82) is 0 Å². The zero-order chi connectivity index (χ0) is 10.7. The molecule has 0 bridgehead atoms. The van der Waals surface area contributed by atoms with Gasteiger partial charge in [0.05, 0.1) is 10.2 Å². The molecule has 0 N–H and O–H groups in total. The number of hydrogen-bond acceptors (Lipinski definition) is 8. The molecule has 0 radical (unpaired) electrons. The predicted molar refractivity (Wildman–Crippen MR) is 27.7 cm³/mol. The summed E-state index contributed by atoms with van der Waals surface area (Å²) in [7, 11) is 0. The summed E-state index contributed by atoms with van der Waals surface area (Å²) in [4.78, 5) is 25.3. The summed E-state index contributed by atoms with van der Waals surface area (Å²) in [6.07, 6.45) is 0. The molecule has 11 nitrogen and oxygen atoms in total. The molecule has 0 saturated carbocycles. The Kier molecular flexibility index (Phi) is 18.4. The van der Waals surface area contributed by atoms with Crippen LogP contribution in [-0.4, -0.2) is 11.3 Å². The van der Waals surface area contributed by atoms with E-state index < -0.39 is 11.3 Å². The van der Waals surface area contributed by atoms with E-state index in [4.69, 9.17) is 40.8 Å². The van der Waals surface area contributed by atoms with E-state index in [2.05, 4.69) is 0 Å². The van der Waals surface area contributed by atoms with Crippen molar-refractivity contribution < 1.29 is 49.6 Å². The van der Waals surface area contributed by atoms with Crippen LogP contribution in [0.3, 0.4) is 0 Å². The van der Waals surface area contributed by atoms with Crippen LogP contribution < -0.4 is 0 Å². The van der Waals surface area contributed by atoms with Crippen LogP contribution in [0.5, 0.6) is 0 Å².